The molecule has 3 heterocycles. The summed E-state index contributed by atoms with van der Waals surface area (Å²) in [5, 5.41) is 0. The van der Waals surface area contributed by atoms with Crippen LogP contribution in [-0.4, -0.2) is 83.9 Å². The van der Waals surface area contributed by atoms with Crippen molar-refractivity contribution < 1.29 is 9.59 Å². The molecule has 1 aromatic rings. The van der Waals surface area contributed by atoms with Crippen LogP contribution in [0.25, 0.3) is 0 Å². The van der Waals surface area contributed by atoms with Crippen molar-refractivity contribution >= 4 is 23.5 Å². The van der Waals surface area contributed by atoms with Gasteiger partial charge in [0.1, 0.15) is 18.0 Å². The fraction of sp³-hybridized carbons (Fsp3) is 0.684. The average molecular weight is 374 g/mol. The maximum atomic E-state index is 11.6. The molecule has 0 radical (unpaired) electrons. The van der Waals surface area contributed by atoms with Crippen LogP contribution in [0.1, 0.15) is 39.2 Å². The van der Waals surface area contributed by atoms with Crippen molar-refractivity contribution in [2.75, 3.05) is 62.2 Å². The van der Waals surface area contributed by atoms with Gasteiger partial charge in [0.05, 0.1) is 0 Å². The van der Waals surface area contributed by atoms with Gasteiger partial charge in [0, 0.05) is 71.8 Å². The number of nitrogens with zero attached hydrogens (tertiary/aromatic N) is 6. The Hall–Kier alpha value is -2.38. The first kappa shape index (κ1) is 19.4. The zero-order valence-electron chi connectivity index (χ0n) is 16.8. The summed E-state index contributed by atoms with van der Waals surface area (Å²) < 4.78 is 0. The minimum atomic E-state index is 0.130. The van der Waals surface area contributed by atoms with E-state index < -0.39 is 0 Å². The highest BCUT2D eigenvalue weighted by Crippen LogP contribution is 2.33. The normalized spacial score (nSPS) is 18.3. The van der Waals surface area contributed by atoms with Crippen LogP contribution in [0.2, 0.25) is 0 Å². The summed E-state index contributed by atoms with van der Waals surface area (Å²) in [7, 11) is 0. The van der Waals surface area contributed by atoms with E-state index in [1.165, 1.54) is 0 Å². The first-order valence-electron chi connectivity index (χ1n) is 9.74. The summed E-state index contributed by atoms with van der Waals surface area (Å²) in [6, 6.07) is 0. The Bertz CT molecular complexity index is 639. The molecule has 0 spiro atoms. The van der Waals surface area contributed by atoms with E-state index in [1.807, 2.05) is 9.80 Å². The molecule has 0 atom stereocenters. The van der Waals surface area contributed by atoms with Crippen LogP contribution in [0.15, 0.2) is 6.33 Å². The highest BCUT2D eigenvalue weighted by atomic mass is 16.2. The number of hydrogen-bond acceptors (Lipinski definition) is 6. The fourth-order valence-electron chi connectivity index (χ4n) is 3.86. The standard InChI is InChI=1S/C19H30N6O2/c1-14(2)17-18(24-9-5-22(6-10-24)15(3)26)20-13-21-19(17)25-11-7-23(8-12-25)16(4)27/h13-14H,5-12H2,1-4H3. The van der Waals surface area contributed by atoms with Crippen molar-refractivity contribution in [1.29, 1.82) is 0 Å². The fourth-order valence-corrected chi connectivity index (χ4v) is 3.86. The van der Waals surface area contributed by atoms with Crippen molar-refractivity contribution in [3.8, 4) is 0 Å². The molecule has 2 aliphatic rings. The van der Waals surface area contributed by atoms with Crippen molar-refractivity contribution in [2.24, 2.45) is 0 Å². The quantitative estimate of drug-likeness (QED) is 0.784. The molecule has 2 saturated heterocycles. The molecular weight excluding hydrogens is 344 g/mol. The molecule has 2 aliphatic heterocycles. The van der Waals surface area contributed by atoms with Gasteiger partial charge in [-0.3, -0.25) is 9.59 Å². The molecule has 1 aromatic heterocycles. The molecular formula is C19H30N6O2. The number of amides is 2. The third-order valence-electron chi connectivity index (χ3n) is 5.47. The SMILES string of the molecule is CC(=O)N1CCN(c2ncnc(N3CCN(C(C)=O)CC3)c2C(C)C)CC1. The minimum absolute atomic E-state index is 0.130. The molecule has 2 amide bonds. The van der Waals surface area contributed by atoms with Crippen LogP contribution < -0.4 is 9.80 Å². The maximum Gasteiger partial charge on any atom is 0.219 e. The van der Waals surface area contributed by atoms with Crippen LogP contribution >= 0.6 is 0 Å². The number of piperazine rings is 2. The van der Waals surface area contributed by atoms with E-state index in [1.54, 1.807) is 20.2 Å². The van der Waals surface area contributed by atoms with E-state index in [2.05, 4.69) is 33.6 Å². The minimum Gasteiger partial charge on any atom is -0.353 e. The van der Waals surface area contributed by atoms with Gasteiger partial charge < -0.3 is 19.6 Å². The molecule has 0 N–H and O–H groups in total. The smallest absolute Gasteiger partial charge is 0.219 e. The van der Waals surface area contributed by atoms with Crippen LogP contribution in [0.4, 0.5) is 11.6 Å². The van der Waals surface area contributed by atoms with Gasteiger partial charge in [-0.05, 0) is 5.92 Å². The predicted molar refractivity (Wildman–Crippen MR) is 105 cm³/mol. The van der Waals surface area contributed by atoms with E-state index in [0.29, 0.717) is 0 Å². The second kappa shape index (κ2) is 8.10. The predicted octanol–water partition coefficient (Wildman–Crippen LogP) is 0.937. The summed E-state index contributed by atoms with van der Waals surface area (Å²) in [5.41, 5.74) is 1.16. The maximum absolute atomic E-state index is 11.6. The molecule has 0 aliphatic carbocycles. The van der Waals surface area contributed by atoms with Gasteiger partial charge >= 0.3 is 0 Å². The zero-order chi connectivity index (χ0) is 19.6. The van der Waals surface area contributed by atoms with Gasteiger partial charge in [-0.15, -0.1) is 0 Å². The largest absolute Gasteiger partial charge is 0.353 e. The lowest BCUT2D eigenvalue weighted by Crippen LogP contribution is -2.50. The highest BCUT2D eigenvalue weighted by Gasteiger charge is 2.28. The van der Waals surface area contributed by atoms with Gasteiger partial charge in [-0.1, -0.05) is 13.8 Å². The third-order valence-corrected chi connectivity index (χ3v) is 5.47. The molecule has 0 saturated carbocycles. The van der Waals surface area contributed by atoms with Crippen LogP contribution in [0.3, 0.4) is 0 Å². The Kier molecular flexibility index (Phi) is 5.82. The molecule has 8 nitrogen and oxygen atoms in total. The summed E-state index contributed by atoms with van der Waals surface area (Å²) in [5.74, 6) is 2.50. The summed E-state index contributed by atoms with van der Waals surface area (Å²) in [6.07, 6.45) is 1.64. The molecule has 148 valence electrons. The van der Waals surface area contributed by atoms with E-state index >= 15 is 0 Å². The number of carbonyl (C=O) groups excluding carboxylic acids is 2. The molecule has 27 heavy (non-hydrogen) atoms. The zero-order valence-corrected chi connectivity index (χ0v) is 16.8. The lowest BCUT2D eigenvalue weighted by molar-refractivity contribution is -0.129. The molecule has 0 bridgehead atoms. The summed E-state index contributed by atoms with van der Waals surface area (Å²) in [4.78, 5) is 40.7. The third kappa shape index (κ3) is 4.14. The first-order chi connectivity index (χ1) is 12.9. The van der Waals surface area contributed by atoms with Gasteiger partial charge in [0.15, 0.2) is 0 Å². The van der Waals surface area contributed by atoms with Crippen LogP contribution in [0.5, 0.6) is 0 Å². The topological polar surface area (TPSA) is 72.9 Å². The summed E-state index contributed by atoms with van der Waals surface area (Å²) in [6.45, 7) is 13.6. The number of rotatable bonds is 3. The van der Waals surface area contributed by atoms with Gasteiger partial charge in [0.2, 0.25) is 11.8 Å². The second-order valence-electron chi connectivity index (χ2n) is 7.58. The number of hydrogen-bond donors (Lipinski definition) is 0. The number of carbonyl (C=O) groups is 2. The molecule has 0 unspecified atom stereocenters. The summed E-state index contributed by atoms with van der Waals surface area (Å²) >= 11 is 0. The molecule has 0 aromatic carbocycles. The van der Waals surface area contributed by atoms with E-state index in [-0.39, 0.29) is 17.7 Å². The number of aromatic nitrogens is 2. The Morgan fingerprint density at radius 3 is 1.44 bits per heavy atom. The van der Waals surface area contributed by atoms with Crippen LogP contribution in [0, 0.1) is 0 Å². The molecule has 8 heteroatoms. The van der Waals surface area contributed by atoms with Crippen molar-refractivity contribution in [2.45, 2.75) is 33.6 Å². The molecule has 3 rings (SSSR count). The monoisotopic (exact) mass is 374 g/mol. The highest BCUT2D eigenvalue weighted by molar-refractivity contribution is 5.74. The van der Waals surface area contributed by atoms with Crippen molar-refractivity contribution in [1.82, 2.24) is 19.8 Å². The lowest BCUT2D eigenvalue weighted by atomic mass is 10.0. The van der Waals surface area contributed by atoms with Crippen molar-refractivity contribution in [3.63, 3.8) is 0 Å². The van der Waals surface area contributed by atoms with Crippen molar-refractivity contribution in [3.05, 3.63) is 11.9 Å². The van der Waals surface area contributed by atoms with Gasteiger partial charge in [0.25, 0.3) is 0 Å². The van der Waals surface area contributed by atoms with Gasteiger partial charge in [-0.25, -0.2) is 9.97 Å². The average Bonchev–Trinajstić information content (AvgIpc) is 2.67. The number of anilines is 2. The lowest BCUT2D eigenvalue weighted by Gasteiger charge is -2.39. The second-order valence-corrected chi connectivity index (χ2v) is 7.58. The van der Waals surface area contributed by atoms with E-state index in [9.17, 15) is 9.59 Å². The Morgan fingerprint density at radius 1 is 0.778 bits per heavy atom. The van der Waals surface area contributed by atoms with Gasteiger partial charge in [-0.2, -0.15) is 0 Å². The van der Waals surface area contributed by atoms with E-state index in [0.717, 1.165) is 69.6 Å². The molecule has 2 fully saturated rings. The Balaban J connectivity index is 1.82. The van der Waals surface area contributed by atoms with E-state index in [4.69, 9.17) is 0 Å². The van der Waals surface area contributed by atoms with Crippen LogP contribution in [-0.2, 0) is 9.59 Å². The Morgan fingerprint density at radius 2 is 1.15 bits per heavy atom. The first-order valence-corrected chi connectivity index (χ1v) is 9.74. The Labute approximate surface area is 161 Å².